The van der Waals surface area contributed by atoms with Crippen LogP contribution in [0.4, 0.5) is 0 Å². The molecule has 1 aliphatic carbocycles. The first-order valence-corrected chi connectivity index (χ1v) is 9.22. The van der Waals surface area contributed by atoms with Crippen molar-refractivity contribution in [2.45, 2.75) is 58.0 Å². The molecule has 1 amide bonds. The molecule has 1 atom stereocenters. The molecule has 2 aromatic rings. The van der Waals surface area contributed by atoms with Gasteiger partial charge in [-0.05, 0) is 64.3 Å². The predicted molar refractivity (Wildman–Crippen MR) is 99.2 cm³/mol. The summed E-state index contributed by atoms with van der Waals surface area (Å²) in [7, 11) is 0. The van der Waals surface area contributed by atoms with Gasteiger partial charge in [0.15, 0.2) is 0 Å². The Balaban J connectivity index is 1.84. The Bertz CT molecular complexity index is 756. The highest BCUT2D eigenvalue weighted by Gasteiger charge is 2.31. The van der Waals surface area contributed by atoms with Crippen molar-refractivity contribution in [3.8, 4) is 0 Å². The van der Waals surface area contributed by atoms with E-state index in [1.807, 2.05) is 41.9 Å². The molecule has 1 fully saturated rings. The second-order valence-corrected chi connectivity index (χ2v) is 8.48. The van der Waals surface area contributed by atoms with Crippen molar-refractivity contribution in [2.24, 2.45) is 0 Å². The van der Waals surface area contributed by atoms with Crippen LogP contribution in [-0.4, -0.2) is 15.7 Å². The lowest BCUT2D eigenvalue weighted by atomic mass is 10.1. The summed E-state index contributed by atoms with van der Waals surface area (Å²) in [4.78, 5) is 12.9. The summed E-state index contributed by atoms with van der Waals surface area (Å²) in [5.74, 6) is 0.458. The van der Waals surface area contributed by atoms with Gasteiger partial charge in [0.1, 0.15) is 5.69 Å². The van der Waals surface area contributed by atoms with Crippen molar-refractivity contribution in [1.82, 2.24) is 15.1 Å². The molecule has 1 saturated carbocycles. The topological polar surface area (TPSA) is 46.9 Å². The fraction of sp³-hybridized carbons (Fsp3) is 0.474. The van der Waals surface area contributed by atoms with Gasteiger partial charge >= 0.3 is 0 Å². The summed E-state index contributed by atoms with van der Waals surface area (Å²) in [6.45, 7) is 8.22. The quantitative estimate of drug-likeness (QED) is 0.818. The van der Waals surface area contributed by atoms with E-state index >= 15 is 0 Å². The number of rotatable bonds is 4. The fourth-order valence-corrected chi connectivity index (χ4v) is 3.20. The van der Waals surface area contributed by atoms with Gasteiger partial charge in [0.25, 0.3) is 5.91 Å². The monoisotopic (exact) mass is 389 g/mol. The second-order valence-electron chi connectivity index (χ2n) is 7.56. The van der Waals surface area contributed by atoms with Gasteiger partial charge in [-0.2, -0.15) is 5.10 Å². The first-order chi connectivity index (χ1) is 11.3. The molecule has 128 valence electrons. The molecule has 0 radical (unpaired) electrons. The molecule has 1 heterocycles. The molecule has 1 unspecified atom stereocenters. The number of aromatic nitrogens is 2. The fourth-order valence-electron chi connectivity index (χ4n) is 2.78. The molecule has 0 spiro atoms. The van der Waals surface area contributed by atoms with Crippen LogP contribution in [0.25, 0.3) is 0 Å². The number of nitrogens with one attached hydrogen (secondary N) is 1. The van der Waals surface area contributed by atoms with Gasteiger partial charge in [-0.25, -0.2) is 0 Å². The Labute approximate surface area is 151 Å². The van der Waals surface area contributed by atoms with Crippen molar-refractivity contribution in [2.75, 3.05) is 0 Å². The SMILES string of the molecule is CC(NC(=O)c1cc(C2CC2)nn1C(C)(C)C)c1cccc(Br)c1. The molecule has 4 nitrogen and oxygen atoms in total. The summed E-state index contributed by atoms with van der Waals surface area (Å²) in [6, 6.07) is 9.91. The van der Waals surface area contributed by atoms with Crippen LogP contribution in [-0.2, 0) is 5.54 Å². The average Bonchev–Trinajstić information content (AvgIpc) is 3.24. The Morgan fingerprint density at radius 1 is 1.33 bits per heavy atom. The highest BCUT2D eigenvalue weighted by atomic mass is 79.9. The molecule has 3 rings (SSSR count). The van der Waals surface area contributed by atoms with Crippen LogP contribution in [0.5, 0.6) is 0 Å². The van der Waals surface area contributed by atoms with E-state index in [-0.39, 0.29) is 17.5 Å². The molecule has 0 aliphatic heterocycles. The number of amides is 1. The minimum absolute atomic E-state index is 0.0670. The van der Waals surface area contributed by atoms with Gasteiger partial charge in [-0.1, -0.05) is 28.1 Å². The Morgan fingerprint density at radius 2 is 2.04 bits per heavy atom. The molecule has 1 aliphatic rings. The summed E-state index contributed by atoms with van der Waals surface area (Å²) in [6.07, 6.45) is 2.35. The Hall–Kier alpha value is -1.62. The summed E-state index contributed by atoms with van der Waals surface area (Å²) in [5, 5.41) is 7.81. The average molecular weight is 390 g/mol. The lowest BCUT2D eigenvalue weighted by Gasteiger charge is -2.23. The number of carbonyl (C=O) groups excluding carboxylic acids is 1. The van der Waals surface area contributed by atoms with Crippen molar-refractivity contribution in [3.63, 3.8) is 0 Å². The zero-order valence-corrected chi connectivity index (χ0v) is 16.2. The third-order valence-corrected chi connectivity index (χ3v) is 4.78. The molecule has 1 aromatic carbocycles. The molecule has 1 N–H and O–H groups in total. The maximum atomic E-state index is 12.9. The highest BCUT2D eigenvalue weighted by molar-refractivity contribution is 9.10. The van der Waals surface area contributed by atoms with Gasteiger partial charge in [0.2, 0.25) is 0 Å². The van der Waals surface area contributed by atoms with E-state index in [2.05, 4.69) is 42.0 Å². The summed E-state index contributed by atoms with van der Waals surface area (Å²) < 4.78 is 2.88. The molecular weight excluding hydrogens is 366 g/mol. The maximum Gasteiger partial charge on any atom is 0.270 e. The van der Waals surface area contributed by atoms with Crippen molar-refractivity contribution >= 4 is 21.8 Å². The van der Waals surface area contributed by atoms with Gasteiger partial charge in [-0.15, -0.1) is 0 Å². The van der Waals surface area contributed by atoms with E-state index < -0.39 is 0 Å². The summed E-state index contributed by atoms with van der Waals surface area (Å²) >= 11 is 3.48. The van der Waals surface area contributed by atoms with Crippen molar-refractivity contribution in [1.29, 1.82) is 0 Å². The first kappa shape index (κ1) is 17.2. The maximum absolute atomic E-state index is 12.9. The van der Waals surface area contributed by atoms with Crippen LogP contribution >= 0.6 is 15.9 Å². The van der Waals surface area contributed by atoms with Crippen molar-refractivity contribution < 1.29 is 4.79 Å². The predicted octanol–water partition coefficient (Wildman–Crippen LogP) is 4.77. The highest BCUT2D eigenvalue weighted by Crippen LogP contribution is 2.40. The number of carbonyl (C=O) groups is 1. The van der Waals surface area contributed by atoms with Gasteiger partial charge < -0.3 is 5.32 Å². The number of hydrogen-bond donors (Lipinski definition) is 1. The molecule has 24 heavy (non-hydrogen) atoms. The normalized spacial score (nSPS) is 16.0. The third-order valence-electron chi connectivity index (χ3n) is 4.29. The zero-order chi connectivity index (χ0) is 17.5. The van der Waals surface area contributed by atoms with Gasteiger partial charge in [0, 0.05) is 10.4 Å². The van der Waals surface area contributed by atoms with Crippen LogP contribution in [0.1, 0.15) is 74.2 Å². The molecular formula is C19H24BrN3O. The van der Waals surface area contributed by atoms with Crippen LogP contribution in [0.3, 0.4) is 0 Å². The number of hydrogen-bond acceptors (Lipinski definition) is 2. The van der Waals surface area contributed by atoms with E-state index in [1.54, 1.807) is 0 Å². The molecule has 0 bridgehead atoms. The Kier molecular flexibility index (Phi) is 4.56. The molecule has 5 heteroatoms. The molecule has 1 aromatic heterocycles. The largest absolute Gasteiger partial charge is 0.344 e. The lowest BCUT2D eigenvalue weighted by Crippen LogP contribution is -2.33. The van der Waals surface area contributed by atoms with Crippen LogP contribution in [0.2, 0.25) is 0 Å². The molecule has 0 saturated heterocycles. The first-order valence-electron chi connectivity index (χ1n) is 8.42. The van der Waals surface area contributed by atoms with Crippen LogP contribution < -0.4 is 5.32 Å². The Morgan fingerprint density at radius 3 is 2.62 bits per heavy atom. The van der Waals surface area contributed by atoms with Gasteiger partial charge in [-0.3, -0.25) is 9.48 Å². The number of nitrogens with zero attached hydrogens (tertiary/aromatic N) is 2. The van der Waals surface area contributed by atoms with E-state index in [1.165, 1.54) is 12.8 Å². The smallest absolute Gasteiger partial charge is 0.270 e. The van der Waals surface area contributed by atoms with Crippen LogP contribution in [0, 0.1) is 0 Å². The van der Waals surface area contributed by atoms with E-state index in [9.17, 15) is 4.79 Å². The van der Waals surface area contributed by atoms with E-state index in [0.717, 1.165) is 15.7 Å². The third kappa shape index (κ3) is 3.72. The number of benzene rings is 1. The van der Waals surface area contributed by atoms with E-state index in [4.69, 9.17) is 5.10 Å². The minimum atomic E-state index is -0.223. The minimum Gasteiger partial charge on any atom is -0.344 e. The van der Waals surface area contributed by atoms with Crippen LogP contribution in [0.15, 0.2) is 34.8 Å². The van der Waals surface area contributed by atoms with Gasteiger partial charge in [0.05, 0.1) is 17.3 Å². The standard InChI is InChI=1S/C19H24BrN3O/c1-12(14-6-5-7-15(20)10-14)21-18(24)17-11-16(13-8-9-13)22-23(17)19(2,3)4/h5-7,10-13H,8-9H2,1-4H3,(H,21,24). The summed E-state index contributed by atoms with van der Waals surface area (Å²) in [5.41, 5.74) is 2.54. The number of halogens is 1. The zero-order valence-electron chi connectivity index (χ0n) is 14.6. The lowest BCUT2D eigenvalue weighted by molar-refractivity contribution is 0.0921. The second kappa shape index (κ2) is 6.36. The van der Waals surface area contributed by atoms with Crippen molar-refractivity contribution in [3.05, 3.63) is 51.8 Å². The van der Waals surface area contributed by atoms with E-state index in [0.29, 0.717) is 11.6 Å².